The number of aliphatic hydroxyl groups is 1. The normalized spacial score (nSPS) is 11.9. The minimum absolute atomic E-state index is 0.157. The molecule has 0 spiro atoms. The lowest BCUT2D eigenvalue weighted by molar-refractivity contribution is 0.181. The summed E-state index contributed by atoms with van der Waals surface area (Å²) in [5.41, 5.74) is 0.210. The molecule has 0 fully saturated rings. The minimum atomic E-state index is -0.954. The third-order valence-corrected chi connectivity index (χ3v) is 2.73. The summed E-state index contributed by atoms with van der Waals surface area (Å²) >= 11 is 0. The zero-order valence-electron chi connectivity index (χ0n) is 11.1. The molecule has 1 unspecified atom stereocenters. The number of H-pyrrole nitrogens is 2. The van der Waals surface area contributed by atoms with Crippen LogP contribution in [0, 0.1) is 0 Å². The molecule has 1 aromatic carbocycles. The summed E-state index contributed by atoms with van der Waals surface area (Å²) in [6.07, 6.45) is -0.954. The van der Waals surface area contributed by atoms with Crippen molar-refractivity contribution in [2.45, 2.75) is 6.10 Å². The third-order valence-electron chi connectivity index (χ3n) is 2.73. The monoisotopic (exact) mass is 280 g/mol. The van der Waals surface area contributed by atoms with Gasteiger partial charge in [0, 0.05) is 12.6 Å². The van der Waals surface area contributed by atoms with Gasteiger partial charge in [0.05, 0.1) is 19.9 Å². The van der Waals surface area contributed by atoms with Crippen LogP contribution in [0.15, 0.2) is 23.0 Å². The van der Waals surface area contributed by atoms with Crippen molar-refractivity contribution in [2.75, 3.05) is 26.1 Å². The standard InChI is InChI=1S/C12H16N4O4/c1-19-7-3-4-10(20-2)8(5-7)13-6-9(17)11-14-12(18)16-15-11/h3-5,9,13,17H,6H2,1-2H3,(H2,14,15,16,18). The summed E-state index contributed by atoms with van der Waals surface area (Å²) in [5, 5.41) is 18.8. The van der Waals surface area contributed by atoms with E-state index in [0.29, 0.717) is 17.2 Å². The molecule has 0 aliphatic carbocycles. The van der Waals surface area contributed by atoms with Gasteiger partial charge in [-0.15, -0.1) is 0 Å². The summed E-state index contributed by atoms with van der Waals surface area (Å²) in [5.74, 6) is 1.45. The summed E-state index contributed by atoms with van der Waals surface area (Å²) < 4.78 is 10.3. The lowest BCUT2D eigenvalue weighted by Gasteiger charge is -2.14. The molecule has 0 saturated carbocycles. The largest absolute Gasteiger partial charge is 0.497 e. The Morgan fingerprint density at radius 2 is 2.20 bits per heavy atom. The number of benzene rings is 1. The molecule has 0 saturated heterocycles. The van der Waals surface area contributed by atoms with Crippen LogP contribution in [-0.4, -0.2) is 41.1 Å². The van der Waals surface area contributed by atoms with Crippen molar-refractivity contribution >= 4 is 5.69 Å². The van der Waals surface area contributed by atoms with Crippen LogP contribution in [0.1, 0.15) is 11.9 Å². The van der Waals surface area contributed by atoms with E-state index in [4.69, 9.17) is 9.47 Å². The fraction of sp³-hybridized carbons (Fsp3) is 0.333. The Morgan fingerprint density at radius 1 is 1.40 bits per heavy atom. The van der Waals surface area contributed by atoms with E-state index in [-0.39, 0.29) is 12.4 Å². The van der Waals surface area contributed by atoms with Crippen LogP contribution in [0.25, 0.3) is 0 Å². The predicted molar refractivity (Wildman–Crippen MR) is 72.2 cm³/mol. The van der Waals surface area contributed by atoms with E-state index < -0.39 is 11.8 Å². The highest BCUT2D eigenvalue weighted by Crippen LogP contribution is 2.29. The molecule has 1 aromatic heterocycles. The topological polar surface area (TPSA) is 112 Å². The van der Waals surface area contributed by atoms with Gasteiger partial charge in [0.1, 0.15) is 17.6 Å². The molecule has 108 valence electrons. The van der Waals surface area contributed by atoms with E-state index in [9.17, 15) is 9.90 Å². The lowest BCUT2D eigenvalue weighted by atomic mass is 10.2. The quantitative estimate of drug-likeness (QED) is 0.604. The SMILES string of the molecule is COc1ccc(OC)c(NCC(O)c2n[nH]c(=O)[nH]2)c1. The Bertz CT molecular complexity index is 622. The van der Waals surface area contributed by atoms with Crippen LogP contribution in [0.5, 0.6) is 11.5 Å². The molecule has 4 N–H and O–H groups in total. The molecule has 1 heterocycles. The van der Waals surface area contributed by atoms with Gasteiger partial charge >= 0.3 is 5.69 Å². The Kier molecular flexibility index (Phi) is 4.26. The van der Waals surface area contributed by atoms with E-state index in [1.807, 2.05) is 0 Å². The Morgan fingerprint density at radius 3 is 2.80 bits per heavy atom. The zero-order chi connectivity index (χ0) is 14.5. The van der Waals surface area contributed by atoms with Crippen LogP contribution in [0.2, 0.25) is 0 Å². The second kappa shape index (κ2) is 6.11. The third kappa shape index (κ3) is 3.09. The summed E-state index contributed by atoms with van der Waals surface area (Å²) in [4.78, 5) is 13.3. The van der Waals surface area contributed by atoms with E-state index in [1.54, 1.807) is 32.4 Å². The van der Waals surface area contributed by atoms with Crippen LogP contribution in [-0.2, 0) is 0 Å². The number of nitrogens with zero attached hydrogens (tertiary/aromatic N) is 1. The van der Waals surface area contributed by atoms with Crippen molar-refractivity contribution in [3.63, 3.8) is 0 Å². The van der Waals surface area contributed by atoms with Gasteiger partial charge in [0.2, 0.25) is 0 Å². The number of hydrogen-bond acceptors (Lipinski definition) is 6. The highest BCUT2D eigenvalue weighted by Gasteiger charge is 2.13. The maximum atomic E-state index is 10.9. The maximum absolute atomic E-state index is 10.9. The molecule has 0 aliphatic rings. The Hall–Kier alpha value is -2.48. The smallest absolute Gasteiger partial charge is 0.340 e. The van der Waals surface area contributed by atoms with Gasteiger partial charge in [0.25, 0.3) is 0 Å². The number of methoxy groups -OCH3 is 2. The zero-order valence-corrected chi connectivity index (χ0v) is 11.1. The maximum Gasteiger partial charge on any atom is 0.340 e. The average molecular weight is 280 g/mol. The number of hydrogen-bond donors (Lipinski definition) is 4. The molecule has 0 amide bonds. The van der Waals surface area contributed by atoms with Crippen molar-refractivity contribution in [3.05, 3.63) is 34.5 Å². The van der Waals surface area contributed by atoms with Gasteiger partial charge in [-0.25, -0.2) is 9.89 Å². The number of nitrogens with one attached hydrogen (secondary N) is 3. The molecular weight excluding hydrogens is 264 g/mol. The summed E-state index contributed by atoms with van der Waals surface area (Å²) in [7, 11) is 3.11. The first-order valence-corrected chi connectivity index (χ1v) is 5.92. The van der Waals surface area contributed by atoms with E-state index in [2.05, 4.69) is 20.5 Å². The van der Waals surface area contributed by atoms with Crippen molar-refractivity contribution in [2.24, 2.45) is 0 Å². The highest BCUT2D eigenvalue weighted by atomic mass is 16.5. The first-order chi connectivity index (χ1) is 9.63. The van der Waals surface area contributed by atoms with Gasteiger partial charge in [0.15, 0.2) is 5.82 Å². The molecule has 0 bridgehead atoms. The fourth-order valence-electron chi connectivity index (χ4n) is 1.70. The van der Waals surface area contributed by atoms with Gasteiger partial charge in [-0.3, -0.25) is 4.98 Å². The van der Waals surface area contributed by atoms with Crippen molar-refractivity contribution in [3.8, 4) is 11.5 Å². The summed E-state index contributed by atoms with van der Waals surface area (Å²) in [6, 6.07) is 5.27. The Balaban J connectivity index is 2.07. The highest BCUT2D eigenvalue weighted by molar-refractivity contribution is 5.59. The van der Waals surface area contributed by atoms with E-state index in [0.717, 1.165) is 0 Å². The number of aromatic nitrogens is 3. The van der Waals surface area contributed by atoms with Crippen LogP contribution >= 0.6 is 0 Å². The average Bonchev–Trinajstić information content (AvgIpc) is 2.91. The molecule has 0 aliphatic heterocycles. The first kappa shape index (κ1) is 13.9. The lowest BCUT2D eigenvalue weighted by Crippen LogP contribution is -2.14. The van der Waals surface area contributed by atoms with Gasteiger partial charge < -0.3 is 19.9 Å². The fourth-order valence-corrected chi connectivity index (χ4v) is 1.70. The Labute approximate surface area is 114 Å². The molecule has 1 atom stereocenters. The van der Waals surface area contributed by atoms with Gasteiger partial charge in [-0.05, 0) is 12.1 Å². The van der Waals surface area contributed by atoms with E-state index in [1.165, 1.54) is 0 Å². The number of aromatic amines is 2. The van der Waals surface area contributed by atoms with Gasteiger partial charge in [-0.2, -0.15) is 5.10 Å². The number of anilines is 1. The molecule has 2 rings (SSSR count). The second-order valence-electron chi connectivity index (χ2n) is 4.03. The first-order valence-electron chi connectivity index (χ1n) is 5.92. The van der Waals surface area contributed by atoms with Crippen LogP contribution < -0.4 is 20.5 Å². The molecule has 8 nitrogen and oxygen atoms in total. The number of rotatable bonds is 6. The number of aliphatic hydroxyl groups excluding tert-OH is 1. The predicted octanol–water partition coefficient (Wildman–Crippen LogP) is 0.261. The molecule has 20 heavy (non-hydrogen) atoms. The van der Waals surface area contributed by atoms with Crippen molar-refractivity contribution in [1.29, 1.82) is 0 Å². The van der Waals surface area contributed by atoms with Crippen LogP contribution in [0.4, 0.5) is 5.69 Å². The van der Waals surface area contributed by atoms with Crippen molar-refractivity contribution < 1.29 is 14.6 Å². The minimum Gasteiger partial charge on any atom is -0.497 e. The molecule has 2 aromatic rings. The second-order valence-corrected chi connectivity index (χ2v) is 4.03. The van der Waals surface area contributed by atoms with E-state index >= 15 is 0 Å². The van der Waals surface area contributed by atoms with Crippen molar-refractivity contribution in [1.82, 2.24) is 15.2 Å². The van der Waals surface area contributed by atoms with Gasteiger partial charge in [-0.1, -0.05) is 0 Å². The number of ether oxygens (including phenoxy) is 2. The molecule has 8 heteroatoms. The summed E-state index contributed by atoms with van der Waals surface area (Å²) in [6.45, 7) is 0.157. The van der Waals surface area contributed by atoms with Crippen LogP contribution in [0.3, 0.4) is 0 Å². The molecular formula is C12H16N4O4. The molecule has 0 radical (unpaired) electrons.